The number of unbranched alkanes of at least 4 members (excludes halogenated alkanes) is 1. The van der Waals surface area contributed by atoms with Gasteiger partial charge in [0.2, 0.25) is 0 Å². The number of rotatable bonds is 19. The Labute approximate surface area is 515 Å². The molecular weight excluding hydrogens is 1060 g/mol. The molecule has 2 N–H and O–H groups in total. The van der Waals surface area contributed by atoms with Gasteiger partial charge in [0.15, 0.2) is 0 Å². The Morgan fingerprint density at radius 3 is 1.74 bits per heavy atom. The number of ether oxygens (including phenoxy) is 2. The van der Waals surface area contributed by atoms with Gasteiger partial charge in [0.05, 0.1) is 45.3 Å². The first-order valence-corrected chi connectivity index (χ1v) is 33.8. The number of aromatic nitrogens is 6. The van der Waals surface area contributed by atoms with Crippen molar-refractivity contribution in [1.29, 1.82) is 0 Å². The van der Waals surface area contributed by atoms with Crippen LogP contribution < -0.4 is 29.9 Å². The number of anilines is 2. The molecule has 0 amide bonds. The van der Waals surface area contributed by atoms with Crippen LogP contribution >= 0.6 is 0 Å². The molecule has 1 radical (unpaired) electrons. The molecule has 9 aliphatic rings. The lowest BCUT2D eigenvalue weighted by molar-refractivity contribution is 0.108. The zero-order valence-corrected chi connectivity index (χ0v) is 52.3. The van der Waals surface area contributed by atoms with Gasteiger partial charge in [0, 0.05) is 101 Å². The first kappa shape index (κ1) is 57.5. The third kappa shape index (κ3) is 11.5. The van der Waals surface area contributed by atoms with E-state index in [1.807, 2.05) is 20.0 Å². The van der Waals surface area contributed by atoms with Crippen LogP contribution in [0.3, 0.4) is 0 Å². The van der Waals surface area contributed by atoms with Gasteiger partial charge >= 0.3 is 12.0 Å². The first-order valence-electron chi connectivity index (χ1n) is 33.8. The predicted octanol–water partition coefficient (Wildman–Crippen LogP) is 15.2. The van der Waals surface area contributed by atoms with Crippen LogP contribution in [0.4, 0.5) is 11.6 Å². The SMILES string of the molecule is CC.CCCCC(C)(COc1nc(N2CC3CCC(C2)N3)c2cnc(-c3cccc4ccccc34)c(CC)c2n1)CC1=C[CH]1.CCc1c(-c2cccc(C3CC3)c2C2CC2)ncc2c(N3CC4CCC(C3)N4)nc(OCC34CCCN3CCC4)nc12.[HH].[HH].[HH]. The summed E-state index contributed by atoms with van der Waals surface area (Å²) in [7, 11) is 0. The van der Waals surface area contributed by atoms with Crippen LogP contribution in [0.25, 0.3) is 55.1 Å². The molecule has 4 bridgehead atoms. The molecular formula is C73H98N11O2. The summed E-state index contributed by atoms with van der Waals surface area (Å²) >= 11 is 0. The maximum atomic E-state index is 6.65. The number of hydrogen-bond donors (Lipinski definition) is 2. The lowest BCUT2D eigenvalue weighted by Crippen LogP contribution is -2.51. The topological polar surface area (TPSA) is 130 Å². The van der Waals surface area contributed by atoms with Gasteiger partial charge in [-0.2, -0.15) is 19.9 Å². The molecule has 3 aromatic carbocycles. The highest BCUT2D eigenvalue weighted by molar-refractivity contribution is 6.01. The average Bonchev–Trinajstić information content (AvgIpc) is 1.64. The van der Waals surface area contributed by atoms with Gasteiger partial charge in [-0.3, -0.25) is 14.9 Å². The van der Waals surface area contributed by atoms with Gasteiger partial charge in [-0.05, 0) is 150 Å². The van der Waals surface area contributed by atoms with Crippen molar-refractivity contribution in [2.75, 3.05) is 62.3 Å². The number of piperazine rings is 2. The Morgan fingerprint density at radius 1 is 0.628 bits per heavy atom. The van der Waals surface area contributed by atoms with Crippen LogP contribution in [-0.4, -0.2) is 117 Å². The van der Waals surface area contributed by atoms with Crippen LogP contribution in [0.1, 0.15) is 183 Å². The third-order valence-corrected chi connectivity index (χ3v) is 20.8. The smallest absolute Gasteiger partial charge is 0.319 e. The molecule has 5 atom stereocenters. The number of fused-ring (bicyclic) bond motifs is 8. The van der Waals surface area contributed by atoms with Crippen molar-refractivity contribution in [2.45, 2.75) is 199 Å². The molecule has 6 saturated heterocycles. The zero-order chi connectivity index (χ0) is 58.5. The molecule has 13 heteroatoms. The molecule has 0 spiro atoms. The largest absolute Gasteiger partial charge is 0.463 e. The molecule has 5 unspecified atom stereocenters. The summed E-state index contributed by atoms with van der Waals surface area (Å²) in [6, 6.07) is 25.2. The molecule has 10 heterocycles. The van der Waals surface area contributed by atoms with Crippen LogP contribution in [0, 0.1) is 11.8 Å². The molecule has 8 fully saturated rings. The number of pyridine rings is 2. The van der Waals surface area contributed by atoms with Crippen molar-refractivity contribution in [3.05, 3.63) is 113 Å². The highest BCUT2D eigenvalue weighted by Crippen LogP contribution is 2.53. The number of aryl methyl sites for hydroxylation is 2. The molecule has 2 saturated carbocycles. The summed E-state index contributed by atoms with van der Waals surface area (Å²) < 4.78 is 13.2. The first-order chi connectivity index (χ1) is 42.2. The fraction of sp³-hybridized carbons (Fsp3) is 0.548. The minimum Gasteiger partial charge on any atom is -0.463 e. The summed E-state index contributed by atoms with van der Waals surface area (Å²) in [5, 5.41) is 12.1. The number of benzene rings is 3. The van der Waals surface area contributed by atoms with Crippen molar-refractivity contribution in [3.63, 3.8) is 0 Å². The normalized spacial score (nSPS) is 23.4. The minimum atomic E-state index is 0. The molecule has 86 heavy (non-hydrogen) atoms. The van der Waals surface area contributed by atoms with Crippen LogP contribution in [-0.2, 0) is 12.8 Å². The summed E-state index contributed by atoms with van der Waals surface area (Å²) in [6.45, 7) is 20.7. The fourth-order valence-electron chi connectivity index (χ4n) is 16.1. The van der Waals surface area contributed by atoms with E-state index >= 15 is 0 Å². The molecule has 13 nitrogen and oxygen atoms in total. The second kappa shape index (κ2) is 24.4. The maximum absolute atomic E-state index is 6.65. The summed E-state index contributed by atoms with van der Waals surface area (Å²) in [4.78, 5) is 38.7. The number of nitrogens with one attached hydrogen (secondary N) is 2. The maximum Gasteiger partial charge on any atom is 0.319 e. The monoisotopic (exact) mass is 1160 g/mol. The van der Waals surface area contributed by atoms with Crippen LogP contribution in [0.2, 0.25) is 0 Å². The molecule has 7 aromatic rings. The van der Waals surface area contributed by atoms with Gasteiger partial charge in [0.1, 0.15) is 18.2 Å². The Morgan fingerprint density at radius 2 is 1.17 bits per heavy atom. The highest BCUT2D eigenvalue weighted by Gasteiger charge is 2.46. The quantitative estimate of drug-likeness (QED) is 0.0798. The average molecular weight is 1160 g/mol. The van der Waals surface area contributed by atoms with Gasteiger partial charge in [-0.15, -0.1) is 0 Å². The Hall–Kier alpha value is -6.28. The molecule has 3 aliphatic carbocycles. The van der Waals surface area contributed by atoms with Crippen LogP contribution in [0.5, 0.6) is 12.0 Å². The standard InChI is InChI=1S/C36H42N5O.C35H44N6O.C2H6.3H2/c1-4-6-18-36(3,19-24-14-15-24)23-42-35-39-33-28(5-2)32(30-13-9-11-25-10-7-8-12-29(25)30)37-20-31(33)34(40-35)41-21-26-16-17-27(22-41)38-26;1-2-26-31(28-7-3-6-27(22-8-9-22)30(28)23-10-11-23)36-18-29-32(26)38-34(42-21-35-14-4-16-41(35)17-5-15-35)39-33(29)40-19-24-12-13-25(20-40)37-24;1-2;;;/h7-15,20,26-27,38H,4-6,16-19,21-23H2,1-3H3;3,6-7,18,22-25,37H,2,4-5,8-17,19-21H2,1H3;1-2H3;3*1H. The summed E-state index contributed by atoms with van der Waals surface area (Å²) in [5.41, 5.74) is 13.9. The highest BCUT2D eigenvalue weighted by atomic mass is 16.5. The molecule has 6 aliphatic heterocycles. The fourth-order valence-corrected chi connectivity index (χ4v) is 16.1. The molecule has 4 aromatic heterocycles. The lowest BCUT2D eigenvalue weighted by atomic mass is 9.81. The second-order valence-corrected chi connectivity index (χ2v) is 27.0. The summed E-state index contributed by atoms with van der Waals surface area (Å²) in [6.07, 6.45) is 30.0. The van der Waals surface area contributed by atoms with Crippen molar-refractivity contribution in [2.24, 2.45) is 5.41 Å². The van der Waals surface area contributed by atoms with E-state index in [9.17, 15) is 0 Å². The van der Waals surface area contributed by atoms with Crippen molar-refractivity contribution < 1.29 is 13.8 Å². The lowest BCUT2D eigenvalue weighted by Gasteiger charge is -2.35. The number of hydrogen-bond acceptors (Lipinski definition) is 13. The van der Waals surface area contributed by atoms with E-state index in [4.69, 9.17) is 39.4 Å². The minimum absolute atomic E-state index is 0. The molecule has 457 valence electrons. The number of allylic oxidation sites excluding steroid dienone is 2. The van der Waals surface area contributed by atoms with E-state index in [1.54, 1.807) is 11.1 Å². The van der Waals surface area contributed by atoms with Gasteiger partial charge < -0.3 is 29.9 Å². The number of nitrogens with zero attached hydrogens (tertiary/aromatic N) is 9. The Bertz CT molecular complexity index is 3630. The van der Waals surface area contributed by atoms with Crippen LogP contribution in [0.15, 0.2) is 84.7 Å². The Kier molecular flexibility index (Phi) is 16.3. The zero-order valence-electron chi connectivity index (χ0n) is 52.3. The van der Waals surface area contributed by atoms with E-state index in [-0.39, 0.29) is 15.2 Å². The van der Waals surface area contributed by atoms with Crippen molar-refractivity contribution >= 4 is 44.2 Å². The van der Waals surface area contributed by atoms with Crippen molar-refractivity contribution in [3.8, 4) is 34.5 Å². The molecule has 16 rings (SSSR count). The van der Waals surface area contributed by atoms with Gasteiger partial charge in [-0.1, -0.05) is 127 Å². The predicted molar refractivity (Wildman–Crippen MR) is 356 cm³/mol. The second-order valence-electron chi connectivity index (χ2n) is 27.0. The van der Waals surface area contributed by atoms with Crippen molar-refractivity contribution in [1.82, 2.24) is 45.4 Å². The van der Waals surface area contributed by atoms with Gasteiger partial charge in [0.25, 0.3) is 0 Å². The van der Waals surface area contributed by atoms with E-state index in [0.29, 0.717) is 55.3 Å². The summed E-state index contributed by atoms with van der Waals surface area (Å²) in [5.74, 6) is 3.42. The van der Waals surface area contributed by atoms with E-state index in [2.05, 4.69) is 132 Å². The van der Waals surface area contributed by atoms with E-state index < -0.39 is 0 Å². The van der Waals surface area contributed by atoms with E-state index in [1.165, 1.54) is 130 Å². The Balaban J connectivity index is 0.000000173. The van der Waals surface area contributed by atoms with E-state index in [0.717, 1.165) is 114 Å². The third-order valence-electron chi connectivity index (χ3n) is 20.8. The van der Waals surface area contributed by atoms with Gasteiger partial charge in [-0.25, -0.2) is 0 Å².